The van der Waals surface area contributed by atoms with Crippen molar-refractivity contribution in [2.24, 2.45) is 0 Å². The average Bonchev–Trinajstić information content (AvgIpc) is 1.54. The van der Waals surface area contributed by atoms with Crippen molar-refractivity contribution in [1.82, 2.24) is 39.0 Å². The van der Waals surface area contributed by atoms with Gasteiger partial charge in [0.1, 0.15) is 0 Å². The summed E-state index contributed by atoms with van der Waals surface area (Å²) in [5.41, 5.74) is 29.2. The average molecular weight is 1730 g/mol. The van der Waals surface area contributed by atoms with Gasteiger partial charge in [0.05, 0.1) is 44.6 Å². The quantitative estimate of drug-likeness (QED) is 0.0951. The molecule has 0 unspecified atom stereocenters. The van der Waals surface area contributed by atoms with Crippen LogP contribution in [0.3, 0.4) is 0 Å². The molecule has 0 bridgehead atoms. The fourth-order valence-corrected chi connectivity index (χ4v) is 18.6. The zero-order chi connectivity index (χ0) is 90.8. The molecule has 0 aliphatic rings. The van der Waals surface area contributed by atoms with Gasteiger partial charge in [-0.25, -0.2) is 29.9 Å². The van der Waals surface area contributed by atoms with Crippen molar-refractivity contribution < 1.29 is 26.3 Å². The van der Waals surface area contributed by atoms with Crippen LogP contribution in [0.1, 0.15) is 55.6 Å². The zero-order valence-corrected chi connectivity index (χ0v) is 73.6. The monoisotopic (exact) mass is 1730 g/mol. The maximum Gasteiger partial charge on any atom is 0.416 e. The molecule has 4 aromatic heterocycles. The lowest BCUT2D eigenvalue weighted by atomic mass is 9.91. The van der Waals surface area contributed by atoms with Gasteiger partial charge >= 0.3 is 12.4 Å². The van der Waals surface area contributed by atoms with Crippen LogP contribution in [0.4, 0.5) is 26.3 Å². The van der Waals surface area contributed by atoms with Crippen LogP contribution in [-0.4, -0.2) is 39.0 Å². The summed E-state index contributed by atoms with van der Waals surface area (Å²) >= 11 is 0. The highest BCUT2D eigenvalue weighted by Gasteiger charge is 2.34. The Hall–Kier alpha value is -16.1. The van der Waals surface area contributed by atoms with E-state index in [0.717, 1.165) is 156 Å². The molecule has 640 valence electrons. The van der Waals surface area contributed by atoms with Crippen LogP contribution in [0.15, 0.2) is 376 Å². The first-order valence-electron chi connectivity index (χ1n) is 43.9. The molecule has 0 spiro atoms. The number of halogens is 6. The summed E-state index contributed by atoms with van der Waals surface area (Å²) in [5, 5.41) is 4.10. The smallest absolute Gasteiger partial charge is 0.308 e. The van der Waals surface area contributed by atoms with E-state index >= 15 is 0 Å². The highest BCUT2D eigenvalue weighted by atomic mass is 19.4. The molecule has 8 nitrogen and oxygen atoms in total. The number of hydrogen-bond donors (Lipinski definition) is 0. The first kappa shape index (κ1) is 84.1. The van der Waals surface area contributed by atoms with Crippen molar-refractivity contribution in [2.45, 2.75) is 67.7 Å². The number of alkyl halides is 6. The highest BCUT2D eigenvalue weighted by molar-refractivity contribution is 6.14. The third-order valence-corrected chi connectivity index (χ3v) is 24.3. The Kier molecular flexibility index (Phi) is 22.0. The molecule has 0 aliphatic heterocycles. The molecule has 21 rings (SSSR count). The SMILES string of the molecule is Cc1cc(C)cc(-c2ccc3c(c2)c2cc(-c4cc(C)cc(C)c4)ccc2n3-c2c(-c3cccc(C)c3)cc(-c3nc(-c4ccccc4)nc(-c4ccccc4)n3)cc2-c2cccc(C(F)(F)F)c2)c1.Cc1cc(C)cc(-c2ccc3c(c2)c2ccccc2n3-c2c(-c3cccc(C)c3)cc(-c3nc(-c4ccccc4)nc(-c4ccccc4)n3)cc2-c2cccc(C(F)(F)F)c2)c1. The minimum absolute atomic E-state index is 0.389. The Bertz CT molecular complexity index is 7790. The maximum atomic E-state index is 14.8. The molecular formula is C118H86F6N8. The van der Waals surface area contributed by atoms with Crippen LogP contribution in [0.2, 0.25) is 0 Å². The number of nitrogens with zero attached hydrogens (tertiary/aromatic N) is 8. The van der Waals surface area contributed by atoms with Gasteiger partial charge in [-0.1, -0.05) is 330 Å². The molecule has 0 fully saturated rings. The predicted molar refractivity (Wildman–Crippen MR) is 527 cm³/mol. The number of para-hydroxylation sites is 1. The molecule has 0 atom stereocenters. The lowest BCUT2D eigenvalue weighted by molar-refractivity contribution is -0.138. The molecule has 21 aromatic rings. The van der Waals surface area contributed by atoms with Crippen molar-refractivity contribution in [3.05, 3.63) is 432 Å². The van der Waals surface area contributed by atoms with Gasteiger partial charge in [-0.15, -0.1) is 0 Å². The van der Waals surface area contributed by atoms with Gasteiger partial charge in [-0.2, -0.15) is 26.3 Å². The van der Waals surface area contributed by atoms with Crippen LogP contribution in [0.25, 0.3) is 201 Å². The fraction of sp³-hybridized carbons (Fsp3) is 0.0847. The van der Waals surface area contributed by atoms with Gasteiger partial charge < -0.3 is 9.13 Å². The molecule has 0 saturated heterocycles. The van der Waals surface area contributed by atoms with E-state index in [1.165, 1.54) is 57.6 Å². The molecule has 0 saturated carbocycles. The number of hydrogen-bond acceptors (Lipinski definition) is 6. The predicted octanol–water partition coefficient (Wildman–Crippen LogP) is 32.1. The van der Waals surface area contributed by atoms with Crippen molar-refractivity contribution in [1.29, 1.82) is 0 Å². The number of aryl methyl sites for hydroxylation is 8. The van der Waals surface area contributed by atoms with Crippen LogP contribution in [0, 0.1) is 55.4 Å². The topological polar surface area (TPSA) is 87.2 Å². The zero-order valence-electron chi connectivity index (χ0n) is 73.6. The molecule has 0 N–H and O–H groups in total. The largest absolute Gasteiger partial charge is 0.416 e. The summed E-state index contributed by atoms with van der Waals surface area (Å²) in [7, 11) is 0. The van der Waals surface area contributed by atoms with Crippen molar-refractivity contribution >= 4 is 43.6 Å². The van der Waals surface area contributed by atoms with Crippen molar-refractivity contribution in [3.63, 3.8) is 0 Å². The number of fused-ring (bicyclic) bond motifs is 6. The maximum absolute atomic E-state index is 14.8. The highest BCUT2D eigenvalue weighted by Crippen LogP contribution is 2.50. The van der Waals surface area contributed by atoms with Gasteiger partial charge in [-0.3, -0.25) is 0 Å². The van der Waals surface area contributed by atoms with E-state index in [9.17, 15) is 26.3 Å². The molecule has 0 amide bonds. The number of benzene rings is 17. The summed E-state index contributed by atoms with van der Waals surface area (Å²) in [4.78, 5) is 30.3. The van der Waals surface area contributed by atoms with Gasteiger partial charge in [-0.05, 0) is 202 Å². The second-order valence-corrected chi connectivity index (χ2v) is 34.3. The van der Waals surface area contributed by atoms with Gasteiger partial charge in [0, 0.05) is 77.2 Å². The minimum Gasteiger partial charge on any atom is -0.308 e. The Balaban J connectivity index is 0.000000166. The summed E-state index contributed by atoms with van der Waals surface area (Å²) in [6, 6.07) is 122. The van der Waals surface area contributed by atoms with Crippen LogP contribution >= 0.6 is 0 Å². The Morgan fingerprint density at radius 2 is 0.417 bits per heavy atom. The lowest BCUT2D eigenvalue weighted by Gasteiger charge is -2.22. The summed E-state index contributed by atoms with van der Waals surface area (Å²) in [5.74, 6) is 2.71. The van der Waals surface area contributed by atoms with Crippen LogP contribution < -0.4 is 0 Å². The summed E-state index contributed by atoms with van der Waals surface area (Å²) in [6.45, 7) is 16.8. The van der Waals surface area contributed by atoms with E-state index < -0.39 is 23.5 Å². The fourth-order valence-electron chi connectivity index (χ4n) is 18.6. The standard InChI is InChI=1S/C63H47F3N4.C55H39F3N4/c1-38-14-12-19-47(28-38)53-36-51(62-68-60(43-15-8-6-9-16-43)67-61(69-62)44-17-10-7-11-18-44)37-54(48-20-13-21-52(33-48)63(64,65)66)59(53)70-57-24-22-45(49-29-39(2)26-40(3)30-49)34-55(57)56-35-46(23-25-58(56)70)50-31-41(4)27-42(5)32-50;1-34-14-12-19-40(27-34)46-32-43(54-60-52(37-15-6-4-7-16-37)59-53(61-54)38-17-8-5-9-18-38)33-47(41-20-13-21-44(30-41)55(56,57)58)51(46)62-49-23-11-10-22-45(49)48-31-39(24-25-50(48)62)42-28-35(2)26-36(3)29-42/h6-37H,1-5H3;4-33H,1-3H3. The molecule has 0 aliphatic carbocycles. The third kappa shape index (κ3) is 16.8. The lowest BCUT2D eigenvalue weighted by Crippen LogP contribution is -2.06. The van der Waals surface area contributed by atoms with E-state index in [1.54, 1.807) is 12.1 Å². The van der Waals surface area contributed by atoms with E-state index in [-0.39, 0.29) is 0 Å². The van der Waals surface area contributed by atoms with E-state index in [4.69, 9.17) is 29.9 Å². The van der Waals surface area contributed by atoms with Crippen molar-refractivity contribution in [3.8, 4) is 158 Å². The minimum atomic E-state index is -4.58. The van der Waals surface area contributed by atoms with Gasteiger partial charge in [0.2, 0.25) is 0 Å². The first-order valence-corrected chi connectivity index (χ1v) is 43.9. The Morgan fingerprint density at radius 3 is 0.712 bits per heavy atom. The normalized spacial score (nSPS) is 11.7. The number of aromatic nitrogens is 8. The van der Waals surface area contributed by atoms with E-state index in [1.807, 2.05) is 171 Å². The second-order valence-electron chi connectivity index (χ2n) is 34.3. The van der Waals surface area contributed by atoms with E-state index in [0.29, 0.717) is 68.3 Å². The van der Waals surface area contributed by atoms with Gasteiger partial charge in [0.25, 0.3) is 0 Å². The van der Waals surface area contributed by atoms with E-state index in [2.05, 4.69) is 221 Å². The molecule has 132 heavy (non-hydrogen) atoms. The summed E-state index contributed by atoms with van der Waals surface area (Å²) < 4.78 is 92.8. The third-order valence-electron chi connectivity index (χ3n) is 24.3. The first-order chi connectivity index (χ1) is 63.9. The van der Waals surface area contributed by atoms with Crippen LogP contribution in [0.5, 0.6) is 0 Å². The van der Waals surface area contributed by atoms with Gasteiger partial charge in [0.15, 0.2) is 34.9 Å². The van der Waals surface area contributed by atoms with Crippen LogP contribution in [-0.2, 0) is 12.4 Å². The Labute approximate surface area is 761 Å². The van der Waals surface area contributed by atoms with Crippen molar-refractivity contribution in [2.75, 3.05) is 0 Å². The number of rotatable bonds is 15. The Morgan fingerprint density at radius 1 is 0.174 bits per heavy atom. The summed E-state index contributed by atoms with van der Waals surface area (Å²) in [6.07, 6.45) is -9.15. The second kappa shape index (κ2) is 34.5. The molecule has 0 radical (unpaired) electrons. The molecule has 4 heterocycles. The molecule has 14 heteroatoms. The molecular weight excluding hydrogens is 1640 g/mol. The molecule has 17 aromatic carbocycles.